The molecular weight excluding hydrogens is 315 g/mol. The van der Waals surface area contributed by atoms with Crippen molar-refractivity contribution in [1.29, 1.82) is 0 Å². The number of benzene rings is 1. The molecule has 3 rings (SSSR count). The van der Waals surface area contributed by atoms with Gasteiger partial charge in [0.25, 0.3) is 0 Å². The maximum atomic E-state index is 13.4. The third-order valence-electron chi connectivity index (χ3n) is 3.38. The molecule has 0 unspecified atom stereocenters. The summed E-state index contributed by atoms with van der Waals surface area (Å²) in [5.41, 5.74) is 0.639. The predicted octanol–water partition coefficient (Wildman–Crippen LogP) is 3.31. The maximum Gasteiger partial charge on any atom is 0.357 e. The molecular formula is C17H15FN2O4. The average molecular weight is 330 g/mol. The van der Waals surface area contributed by atoms with Gasteiger partial charge in [-0.05, 0) is 29.8 Å². The first-order valence-corrected chi connectivity index (χ1v) is 7.27. The first-order valence-electron chi connectivity index (χ1n) is 7.27. The molecule has 3 aromatic rings. The van der Waals surface area contributed by atoms with E-state index in [9.17, 15) is 9.18 Å². The van der Waals surface area contributed by atoms with Gasteiger partial charge in [-0.25, -0.2) is 14.2 Å². The third-order valence-corrected chi connectivity index (χ3v) is 3.38. The molecule has 2 aromatic heterocycles. The van der Waals surface area contributed by atoms with Crippen LogP contribution in [0.2, 0.25) is 0 Å². The molecule has 0 aliphatic heterocycles. The Morgan fingerprint density at radius 3 is 2.71 bits per heavy atom. The zero-order valence-corrected chi connectivity index (χ0v) is 12.7. The Hall–Kier alpha value is -2.93. The summed E-state index contributed by atoms with van der Waals surface area (Å²) >= 11 is 0. The molecule has 0 aliphatic carbocycles. The van der Waals surface area contributed by atoms with Gasteiger partial charge in [0, 0.05) is 6.54 Å². The molecule has 0 amide bonds. The number of halogens is 1. The van der Waals surface area contributed by atoms with E-state index in [1.807, 2.05) is 17.0 Å². The highest BCUT2D eigenvalue weighted by Crippen LogP contribution is 2.15. The van der Waals surface area contributed by atoms with Crippen molar-refractivity contribution in [3.05, 3.63) is 77.7 Å². The van der Waals surface area contributed by atoms with Crippen LogP contribution in [-0.4, -0.2) is 21.0 Å². The molecule has 0 spiro atoms. The standard InChI is InChI=1S/C17H15FN2O4/c18-13-4-1-3-12(7-13)8-20(9-14-5-2-6-23-14)10-16-19-15(11-24-16)17(21)22/h1-7,11H,8-10H2,(H,21,22). The normalized spacial score (nSPS) is 11.1. The topological polar surface area (TPSA) is 79.7 Å². The Balaban J connectivity index is 1.76. The number of rotatable bonds is 7. The Bertz CT molecular complexity index is 814. The molecule has 0 radical (unpaired) electrons. The van der Waals surface area contributed by atoms with Crippen LogP contribution < -0.4 is 0 Å². The van der Waals surface area contributed by atoms with Crippen molar-refractivity contribution in [2.24, 2.45) is 0 Å². The number of carboxylic acid groups (broad SMARTS) is 1. The quantitative estimate of drug-likeness (QED) is 0.716. The van der Waals surface area contributed by atoms with Crippen molar-refractivity contribution in [2.75, 3.05) is 0 Å². The molecule has 0 fully saturated rings. The summed E-state index contributed by atoms with van der Waals surface area (Å²) in [6.45, 7) is 1.15. The van der Waals surface area contributed by atoms with Gasteiger partial charge in [0.2, 0.25) is 5.89 Å². The van der Waals surface area contributed by atoms with Crippen molar-refractivity contribution in [1.82, 2.24) is 9.88 Å². The molecule has 0 atom stereocenters. The lowest BCUT2D eigenvalue weighted by molar-refractivity contribution is 0.0690. The Kier molecular flexibility index (Phi) is 4.72. The maximum absolute atomic E-state index is 13.4. The van der Waals surface area contributed by atoms with E-state index in [2.05, 4.69) is 4.98 Å². The van der Waals surface area contributed by atoms with E-state index in [4.69, 9.17) is 13.9 Å². The van der Waals surface area contributed by atoms with Gasteiger partial charge in [-0.1, -0.05) is 12.1 Å². The molecule has 6 nitrogen and oxygen atoms in total. The van der Waals surface area contributed by atoms with Gasteiger partial charge < -0.3 is 13.9 Å². The van der Waals surface area contributed by atoms with E-state index < -0.39 is 5.97 Å². The van der Waals surface area contributed by atoms with Gasteiger partial charge >= 0.3 is 5.97 Å². The van der Waals surface area contributed by atoms with Gasteiger partial charge in [-0.15, -0.1) is 0 Å². The van der Waals surface area contributed by atoms with Crippen LogP contribution in [0.5, 0.6) is 0 Å². The molecule has 0 bridgehead atoms. The Labute approximate surface area is 137 Å². The minimum absolute atomic E-state index is 0.145. The molecule has 1 N–H and O–H groups in total. The number of oxazole rings is 1. The second-order valence-corrected chi connectivity index (χ2v) is 5.29. The van der Waals surface area contributed by atoms with Gasteiger partial charge in [0.1, 0.15) is 17.8 Å². The van der Waals surface area contributed by atoms with Gasteiger partial charge in [0.15, 0.2) is 5.69 Å². The van der Waals surface area contributed by atoms with E-state index in [1.165, 1.54) is 12.1 Å². The van der Waals surface area contributed by atoms with Crippen LogP contribution in [0.15, 0.2) is 57.8 Å². The summed E-state index contributed by atoms with van der Waals surface area (Å²) in [5.74, 6) is -0.450. The van der Waals surface area contributed by atoms with Gasteiger partial charge in [-0.2, -0.15) is 0 Å². The highest BCUT2D eigenvalue weighted by atomic mass is 19.1. The molecule has 1 aromatic carbocycles. The number of carbonyl (C=O) groups is 1. The van der Waals surface area contributed by atoms with Crippen LogP contribution in [0.25, 0.3) is 0 Å². The van der Waals surface area contributed by atoms with Crippen LogP contribution in [0.4, 0.5) is 4.39 Å². The minimum Gasteiger partial charge on any atom is -0.476 e. The zero-order valence-electron chi connectivity index (χ0n) is 12.7. The number of aromatic carboxylic acids is 1. The lowest BCUT2D eigenvalue weighted by Gasteiger charge is -2.19. The first-order chi connectivity index (χ1) is 11.6. The lowest BCUT2D eigenvalue weighted by Crippen LogP contribution is -2.22. The highest BCUT2D eigenvalue weighted by Gasteiger charge is 2.16. The predicted molar refractivity (Wildman–Crippen MR) is 81.5 cm³/mol. The van der Waals surface area contributed by atoms with Crippen molar-refractivity contribution in [3.8, 4) is 0 Å². The number of carboxylic acids is 1. The summed E-state index contributed by atoms with van der Waals surface area (Å²) in [6.07, 6.45) is 2.67. The smallest absolute Gasteiger partial charge is 0.357 e. The number of nitrogens with zero attached hydrogens (tertiary/aromatic N) is 2. The molecule has 0 saturated heterocycles. The SMILES string of the molecule is O=C(O)c1coc(CN(Cc2cccc(F)c2)Cc2ccco2)n1. The van der Waals surface area contributed by atoms with Crippen molar-refractivity contribution >= 4 is 5.97 Å². The van der Waals surface area contributed by atoms with Crippen LogP contribution in [0, 0.1) is 5.82 Å². The summed E-state index contributed by atoms with van der Waals surface area (Å²) in [7, 11) is 0. The summed E-state index contributed by atoms with van der Waals surface area (Å²) in [6, 6.07) is 9.90. The summed E-state index contributed by atoms with van der Waals surface area (Å²) < 4.78 is 23.9. The second-order valence-electron chi connectivity index (χ2n) is 5.29. The van der Waals surface area contributed by atoms with E-state index >= 15 is 0 Å². The van der Waals surface area contributed by atoms with E-state index in [0.29, 0.717) is 13.1 Å². The first kappa shape index (κ1) is 15.9. The Morgan fingerprint density at radius 2 is 2.04 bits per heavy atom. The average Bonchev–Trinajstić information content (AvgIpc) is 3.19. The van der Waals surface area contributed by atoms with Crippen molar-refractivity contribution in [2.45, 2.75) is 19.6 Å². The van der Waals surface area contributed by atoms with E-state index in [1.54, 1.807) is 18.4 Å². The van der Waals surface area contributed by atoms with Crippen LogP contribution in [-0.2, 0) is 19.6 Å². The number of aromatic nitrogens is 1. The minimum atomic E-state index is -1.15. The molecule has 124 valence electrons. The Morgan fingerprint density at radius 1 is 1.17 bits per heavy atom. The summed E-state index contributed by atoms with van der Waals surface area (Å²) in [5, 5.41) is 8.91. The lowest BCUT2D eigenvalue weighted by atomic mass is 10.2. The van der Waals surface area contributed by atoms with Crippen LogP contribution in [0.3, 0.4) is 0 Å². The molecule has 0 aliphatic rings. The zero-order chi connectivity index (χ0) is 16.9. The third kappa shape index (κ3) is 4.08. The van der Waals surface area contributed by atoms with Gasteiger partial charge in [0.05, 0.1) is 19.4 Å². The van der Waals surface area contributed by atoms with Gasteiger partial charge in [-0.3, -0.25) is 4.90 Å². The fourth-order valence-corrected chi connectivity index (χ4v) is 2.36. The highest BCUT2D eigenvalue weighted by molar-refractivity contribution is 5.84. The molecule has 2 heterocycles. The number of hydrogen-bond acceptors (Lipinski definition) is 5. The number of hydrogen-bond donors (Lipinski definition) is 1. The fourth-order valence-electron chi connectivity index (χ4n) is 2.36. The fraction of sp³-hybridized carbons (Fsp3) is 0.176. The molecule has 0 saturated carbocycles. The van der Waals surface area contributed by atoms with E-state index in [-0.39, 0.29) is 23.9 Å². The van der Waals surface area contributed by atoms with E-state index in [0.717, 1.165) is 17.6 Å². The largest absolute Gasteiger partial charge is 0.476 e. The monoisotopic (exact) mass is 330 g/mol. The molecule has 7 heteroatoms. The van der Waals surface area contributed by atoms with Crippen molar-refractivity contribution in [3.63, 3.8) is 0 Å². The van der Waals surface area contributed by atoms with Crippen molar-refractivity contribution < 1.29 is 23.1 Å². The van der Waals surface area contributed by atoms with Crippen LogP contribution in [0.1, 0.15) is 27.7 Å². The molecule has 24 heavy (non-hydrogen) atoms. The van der Waals surface area contributed by atoms with Crippen LogP contribution >= 0.6 is 0 Å². The summed E-state index contributed by atoms with van der Waals surface area (Å²) in [4.78, 5) is 16.7. The second kappa shape index (κ2) is 7.10. The number of furan rings is 1.